The summed E-state index contributed by atoms with van der Waals surface area (Å²) in [5, 5.41) is 8.63. The van der Waals surface area contributed by atoms with Gasteiger partial charge in [-0.05, 0) is 37.3 Å². The third kappa shape index (κ3) is 6.35. The average Bonchev–Trinajstić information content (AvgIpc) is 3.28. The van der Waals surface area contributed by atoms with Crippen LogP contribution in [0.25, 0.3) is 10.8 Å². The monoisotopic (exact) mass is 496 g/mol. The van der Waals surface area contributed by atoms with Crippen molar-refractivity contribution >= 4 is 41.3 Å². The van der Waals surface area contributed by atoms with E-state index in [1.165, 1.54) is 16.7 Å². The van der Waals surface area contributed by atoms with Crippen LogP contribution in [0.2, 0.25) is 0 Å². The molecule has 0 amide bonds. The summed E-state index contributed by atoms with van der Waals surface area (Å²) < 4.78 is 5.54. The lowest BCUT2D eigenvalue weighted by Crippen LogP contribution is -2.37. The summed E-state index contributed by atoms with van der Waals surface area (Å²) in [5.74, 6) is 1.42. The van der Waals surface area contributed by atoms with Gasteiger partial charge in [0.15, 0.2) is 5.96 Å². The van der Waals surface area contributed by atoms with Crippen LogP contribution in [0.3, 0.4) is 0 Å². The van der Waals surface area contributed by atoms with Gasteiger partial charge in [0.25, 0.3) is 0 Å². The van der Waals surface area contributed by atoms with Crippen molar-refractivity contribution in [3.8, 4) is 10.8 Å². The summed E-state index contributed by atoms with van der Waals surface area (Å²) in [7, 11) is 1.77. The van der Waals surface area contributed by atoms with Gasteiger partial charge in [0.2, 0.25) is 5.89 Å². The summed E-state index contributed by atoms with van der Waals surface area (Å²) in [6, 6.07) is 10.6. The second-order valence-corrected chi connectivity index (χ2v) is 7.17. The molecule has 0 spiro atoms. The van der Waals surface area contributed by atoms with Crippen LogP contribution >= 0.6 is 35.3 Å². The summed E-state index contributed by atoms with van der Waals surface area (Å²) in [4.78, 5) is 9.80. The molecule has 27 heavy (non-hydrogen) atoms. The number of benzene rings is 1. The second-order valence-electron chi connectivity index (χ2n) is 6.22. The van der Waals surface area contributed by atoms with Crippen LogP contribution in [-0.4, -0.2) is 24.5 Å². The van der Waals surface area contributed by atoms with Crippen molar-refractivity contribution in [1.82, 2.24) is 15.6 Å². The Hall–Kier alpha value is -1.87. The molecule has 3 rings (SSSR count). The molecule has 0 unspecified atom stereocenters. The maximum absolute atomic E-state index is 5.54. The van der Waals surface area contributed by atoms with E-state index in [-0.39, 0.29) is 24.0 Å². The number of guanidine groups is 1. The fraction of sp³-hybridized carbons (Fsp3) is 0.300. The number of aromatic nitrogens is 1. The highest BCUT2D eigenvalue weighted by Gasteiger charge is 2.08. The van der Waals surface area contributed by atoms with Gasteiger partial charge in [-0.15, -0.1) is 35.3 Å². The van der Waals surface area contributed by atoms with Crippen molar-refractivity contribution in [3.63, 3.8) is 0 Å². The number of hydrogen-bond acceptors (Lipinski definition) is 4. The predicted octanol–water partition coefficient (Wildman–Crippen LogP) is 4.55. The van der Waals surface area contributed by atoms with E-state index in [1.54, 1.807) is 24.6 Å². The molecule has 1 aromatic carbocycles. The van der Waals surface area contributed by atoms with Crippen LogP contribution < -0.4 is 10.6 Å². The van der Waals surface area contributed by atoms with Crippen molar-refractivity contribution in [2.24, 2.45) is 4.99 Å². The molecule has 0 fully saturated rings. The molecule has 2 heterocycles. The molecule has 0 atom stereocenters. The Kier molecular flexibility index (Phi) is 8.30. The van der Waals surface area contributed by atoms with E-state index >= 15 is 0 Å². The van der Waals surface area contributed by atoms with Gasteiger partial charge in [-0.2, -0.15) is 0 Å². The topological polar surface area (TPSA) is 62.5 Å². The quantitative estimate of drug-likeness (QED) is 0.299. The van der Waals surface area contributed by atoms with Crippen molar-refractivity contribution in [1.29, 1.82) is 0 Å². The minimum atomic E-state index is 0. The van der Waals surface area contributed by atoms with Crippen LogP contribution in [-0.2, 0) is 13.0 Å². The lowest BCUT2D eigenvalue weighted by molar-refractivity contribution is 0.573. The molecule has 2 N–H and O–H groups in total. The largest absolute Gasteiger partial charge is 0.443 e. The summed E-state index contributed by atoms with van der Waals surface area (Å²) in [5.41, 5.74) is 4.79. The zero-order valence-corrected chi connectivity index (χ0v) is 18.9. The predicted molar refractivity (Wildman–Crippen MR) is 123 cm³/mol. The number of halogens is 1. The molecule has 0 bridgehead atoms. The van der Waals surface area contributed by atoms with Crippen LogP contribution in [0.1, 0.15) is 22.4 Å². The Morgan fingerprint density at radius 3 is 2.63 bits per heavy atom. The molecule has 0 aliphatic rings. The Bertz CT molecular complexity index is 854. The van der Waals surface area contributed by atoms with E-state index in [9.17, 15) is 0 Å². The van der Waals surface area contributed by atoms with E-state index in [1.807, 2.05) is 17.5 Å². The fourth-order valence-corrected chi connectivity index (χ4v) is 3.49. The maximum Gasteiger partial charge on any atom is 0.236 e. The number of aliphatic imine (C=N–C) groups is 1. The lowest BCUT2D eigenvalue weighted by Gasteiger charge is -2.11. The first-order valence-electron chi connectivity index (χ1n) is 8.64. The maximum atomic E-state index is 5.54. The Morgan fingerprint density at radius 1 is 1.19 bits per heavy atom. The van der Waals surface area contributed by atoms with E-state index < -0.39 is 0 Å². The molecule has 3 aromatic rings. The molecule has 2 aromatic heterocycles. The molecule has 0 saturated heterocycles. The third-order valence-electron chi connectivity index (χ3n) is 3.93. The van der Waals surface area contributed by atoms with Crippen molar-refractivity contribution in [3.05, 3.63) is 64.4 Å². The van der Waals surface area contributed by atoms with Gasteiger partial charge < -0.3 is 15.1 Å². The zero-order valence-electron chi connectivity index (χ0n) is 15.8. The minimum absolute atomic E-state index is 0. The highest BCUT2D eigenvalue weighted by atomic mass is 127. The van der Waals surface area contributed by atoms with Crippen LogP contribution in [0.15, 0.2) is 51.4 Å². The van der Waals surface area contributed by atoms with Gasteiger partial charge in [0.05, 0.1) is 17.1 Å². The summed E-state index contributed by atoms with van der Waals surface area (Å²) >= 11 is 1.62. The van der Waals surface area contributed by atoms with Crippen molar-refractivity contribution < 1.29 is 4.42 Å². The first-order chi connectivity index (χ1) is 12.6. The summed E-state index contributed by atoms with van der Waals surface area (Å²) in [6.07, 6.45) is 2.64. The van der Waals surface area contributed by atoms with Gasteiger partial charge in [0.1, 0.15) is 6.26 Å². The molecule has 0 saturated carbocycles. The Balaban J connectivity index is 0.00000261. The van der Waals surface area contributed by atoms with Crippen LogP contribution in [0.4, 0.5) is 0 Å². The molecule has 0 aliphatic heterocycles. The number of aryl methyl sites for hydroxylation is 2. The third-order valence-corrected chi connectivity index (χ3v) is 4.79. The second kappa shape index (κ2) is 10.5. The summed E-state index contributed by atoms with van der Waals surface area (Å²) in [6.45, 7) is 5.65. The first kappa shape index (κ1) is 21.4. The highest BCUT2D eigenvalue weighted by Crippen LogP contribution is 2.23. The van der Waals surface area contributed by atoms with Gasteiger partial charge in [0, 0.05) is 13.6 Å². The fourth-order valence-electron chi connectivity index (χ4n) is 2.84. The van der Waals surface area contributed by atoms with Crippen molar-refractivity contribution in [2.45, 2.75) is 26.8 Å². The van der Waals surface area contributed by atoms with Gasteiger partial charge >= 0.3 is 0 Å². The van der Waals surface area contributed by atoms with Crippen LogP contribution in [0, 0.1) is 13.8 Å². The molecule has 144 valence electrons. The molecular weight excluding hydrogens is 471 g/mol. The minimum Gasteiger partial charge on any atom is -0.443 e. The Labute approximate surface area is 181 Å². The Morgan fingerprint density at radius 2 is 1.96 bits per heavy atom. The number of thiophene rings is 1. The molecule has 0 radical (unpaired) electrons. The lowest BCUT2D eigenvalue weighted by atomic mass is 10.1. The first-order valence-corrected chi connectivity index (χ1v) is 9.52. The standard InChI is InChI=1S/C20H24N4OS.HI/c1-14-9-15(2)11-16(10-14)6-7-22-20(21-3)23-12-17-13-25-19(24-17)18-5-4-8-26-18;/h4-5,8-11,13H,6-7,12H2,1-3H3,(H2,21,22,23);1H. The normalized spacial score (nSPS) is 11.1. The van der Waals surface area contributed by atoms with E-state index in [4.69, 9.17) is 4.42 Å². The number of nitrogens with one attached hydrogen (secondary N) is 2. The van der Waals surface area contributed by atoms with Gasteiger partial charge in [-0.1, -0.05) is 35.4 Å². The number of oxazole rings is 1. The molecule has 0 aliphatic carbocycles. The molecular formula is C20H25IN4OS. The average molecular weight is 496 g/mol. The number of rotatable bonds is 6. The van der Waals surface area contributed by atoms with Crippen molar-refractivity contribution in [2.75, 3.05) is 13.6 Å². The van der Waals surface area contributed by atoms with Gasteiger partial charge in [-0.3, -0.25) is 4.99 Å². The number of hydrogen-bond donors (Lipinski definition) is 2. The van der Waals surface area contributed by atoms with Gasteiger partial charge in [-0.25, -0.2) is 4.98 Å². The van der Waals surface area contributed by atoms with E-state index in [0.717, 1.165) is 29.5 Å². The SMILES string of the molecule is CN=C(NCCc1cc(C)cc(C)c1)NCc1coc(-c2cccs2)n1.I. The van der Waals surface area contributed by atoms with E-state index in [2.05, 4.69) is 52.7 Å². The van der Waals surface area contributed by atoms with Crippen LogP contribution in [0.5, 0.6) is 0 Å². The smallest absolute Gasteiger partial charge is 0.236 e. The molecule has 5 nitrogen and oxygen atoms in total. The highest BCUT2D eigenvalue weighted by molar-refractivity contribution is 14.0. The van der Waals surface area contributed by atoms with E-state index in [0.29, 0.717) is 12.4 Å². The number of nitrogens with zero attached hydrogens (tertiary/aromatic N) is 2. The zero-order chi connectivity index (χ0) is 18.4. The molecule has 7 heteroatoms.